The van der Waals surface area contributed by atoms with Crippen LogP contribution >= 0.6 is 15.9 Å². The maximum atomic E-state index is 9.64. The Morgan fingerprint density at radius 1 is 1.50 bits per heavy atom. The first-order chi connectivity index (χ1) is 7.75. The molecule has 1 saturated heterocycles. The third kappa shape index (κ3) is 3.20. The quantitative estimate of drug-likeness (QED) is 0.892. The molecule has 1 heterocycles. The maximum absolute atomic E-state index is 9.64. The molecule has 0 aromatic heterocycles. The minimum absolute atomic E-state index is 0.346. The van der Waals surface area contributed by atoms with E-state index in [9.17, 15) is 5.11 Å². The first-order valence-electron chi connectivity index (χ1n) is 5.51. The van der Waals surface area contributed by atoms with Crippen molar-refractivity contribution in [2.75, 3.05) is 19.8 Å². The minimum Gasteiger partial charge on any atom is -0.508 e. The molecule has 0 saturated carbocycles. The summed E-state index contributed by atoms with van der Waals surface area (Å²) >= 11 is 3.40. The van der Waals surface area contributed by atoms with Crippen LogP contribution in [0.25, 0.3) is 0 Å². The van der Waals surface area contributed by atoms with E-state index in [4.69, 9.17) is 4.74 Å². The van der Waals surface area contributed by atoms with Crippen LogP contribution < -0.4 is 5.32 Å². The van der Waals surface area contributed by atoms with Crippen LogP contribution in [0.2, 0.25) is 0 Å². The topological polar surface area (TPSA) is 41.5 Å². The number of hydrogen-bond donors (Lipinski definition) is 2. The van der Waals surface area contributed by atoms with E-state index in [1.807, 2.05) is 12.1 Å². The molecule has 0 amide bonds. The Morgan fingerprint density at radius 3 is 3.12 bits per heavy atom. The molecule has 0 aliphatic carbocycles. The molecule has 1 aromatic rings. The number of benzene rings is 1. The van der Waals surface area contributed by atoms with Crippen LogP contribution in [0.4, 0.5) is 0 Å². The van der Waals surface area contributed by atoms with Gasteiger partial charge >= 0.3 is 0 Å². The zero-order valence-electron chi connectivity index (χ0n) is 9.08. The standard InChI is InChI=1S/C12H16BrNO2/c13-11-1-2-12(15)10(5-11)7-14-6-9-3-4-16-8-9/h1-2,5,9,14-15H,3-4,6-8H2. The van der Waals surface area contributed by atoms with Gasteiger partial charge in [0.2, 0.25) is 0 Å². The molecule has 4 heteroatoms. The Labute approximate surface area is 104 Å². The first-order valence-corrected chi connectivity index (χ1v) is 6.31. The van der Waals surface area contributed by atoms with Gasteiger partial charge in [0, 0.05) is 29.7 Å². The highest BCUT2D eigenvalue weighted by molar-refractivity contribution is 9.10. The summed E-state index contributed by atoms with van der Waals surface area (Å²) in [5, 5.41) is 13.0. The zero-order chi connectivity index (χ0) is 11.4. The van der Waals surface area contributed by atoms with E-state index in [-0.39, 0.29) is 0 Å². The van der Waals surface area contributed by atoms with E-state index in [0.29, 0.717) is 18.2 Å². The molecule has 1 aromatic carbocycles. The van der Waals surface area contributed by atoms with Gasteiger partial charge in [0.25, 0.3) is 0 Å². The fourth-order valence-electron chi connectivity index (χ4n) is 1.85. The van der Waals surface area contributed by atoms with Crippen LogP contribution in [0.5, 0.6) is 5.75 Å². The lowest BCUT2D eigenvalue weighted by atomic mass is 10.1. The largest absolute Gasteiger partial charge is 0.508 e. The van der Waals surface area contributed by atoms with Gasteiger partial charge in [0.15, 0.2) is 0 Å². The zero-order valence-corrected chi connectivity index (χ0v) is 10.7. The molecule has 1 aliphatic rings. The summed E-state index contributed by atoms with van der Waals surface area (Å²) in [7, 11) is 0. The van der Waals surface area contributed by atoms with Crippen LogP contribution in [-0.4, -0.2) is 24.9 Å². The van der Waals surface area contributed by atoms with Crippen molar-refractivity contribution in [3.8, 4) is 5.75 Å². The molecular weight excluding hydrogens is 270 g/mol. The van der Waals surface area contributed by atoms with Crippen molar-refractivity contribution < 1.29 is 9.84 Å². The fourth-order valence-corrected chi connectivity index (χ4v) is 2.26. The lowest BCUT2D eigenvalue weighted by Gasteiger charge is -2.10. The second-order valence-electron chi connectivity index (χ2n) is 4.13. The van der Waals surface area contributed by atoms with E-state index in [2.05, 4.69) is 21.2 Å². The van der Waals surface area contributed by atoms with Crippen molar-refractivity contribution in [2.24, 2.45) is 5.92 Å². The van der Waals surface area contributed by atoms with Crippen LogP contribution in [-0.2, 0) is 11.3 Å². The number of ether oxygens (including phenoxy) is 1. The van der Waals surface area contributed by atoms with Crippen LogP contribution in [0.1, 0.15) is 12.0 Å². The normalized spacial score (nSPS) is 20.2. The lowest BCUT2D eigenvalue weighted by molar-refractivity contribution is 0.185. The third-order valence-corrected chi connectivity index (χ3v) is 3.31. The van der Waals surface area contributed by atoms with Gasteiger partial charge in [0.05, 0.1) is 6.61 Å². The minimum atomic E-state index is 0.346. The van der Waals surface area contributed by atoms with E-state index in [1.165, 1.54) is 0 Å². The summed E-state index contributed by atoms with van der Waals surface area (Å²) in [5.74, 6) is 0.965. The molecule has 88 valence electrons. The lowest BCUT2D eigenvalue weighted by Crippen LogP contribution is -2.22. The average Bonchev–Trinajstić information content (AvgIpc) is 2.76. The van der Waals surface area contributed by atoms with Crippen LogP contribution in [0, 0.1) is 5.92 Å². The Morgan fingerprint density at radius 2 is 2.38 bits per heavy atom. The fraction of sp³-hybridized carbons (Fsp3) is 0.500. The molecule has 1 unspecified atom stereocenters. The molecule has 1 atom stereocenters. The second kappa shape index (κ2) is 5.66. The predicted molar refractivity (Wildman–Crippen MR) is 66.4 cm³/mol. The highest BCUT2D eigenvalue weighted by atomic mass is 79.9. The highest BCUT2D eigenvalue weighted by Gasteiger charge is 2.14. The second-order valence-corrected chi connectivity index (χ2v) is 5.05. The molecule has 0 radical (unpaired) electrons. The Kier molecular flexibility index (Phi) is 4.21. The van der Waals surface area contributed by atoms with E-state index in [1.54, 1.807) is 6.07 Å². The molecule has 1 aliphatic heterocycles. The SMILES string of the molecule is Oc1ccc(Br)cc1CNCC1CCOC1. The van der Waals surface area contributed by atoms with Crippen molar-refractivity contribution in [2.45, 2.75) is 13.0 Å². The summed E-state index contributed by atoms with van der Waals surface area (Å²) in [5.41, 5.74) is 0.924. The third-order valence-electron chi connectivity index (χ3n) is 2.81. The number of halogens is 1. The monoisotopic (exact) mass is 285 g/mol. The van der Waals surface area contributed by atoms with Crippen molar-refractivity contribution >= 4 is 15.9 Å². The number of hydrogen-bond acceptors (Lipinski definition) is 3. The van der Waals surface area contributed by atoms with E-state index in [0.717, 1.165) is 36.2 Å². The van der Waals surface area contributed by atoms with E-state index >= 15 is 0 Å². The summed E-state index contributed by atoms with van der Waals surface area (Å²) in [4.78, 5) is 0. The van der Waals surface area contributed by atoms with Crippen molar-refractivity contribution in [1.29, 1.82) is 0 Å². The molecule has 3 nitrogen and oxygen atoms in total. The summed E-state index contributed by atoms with van der Waals surface area (Å²) in [6.07, 6.45) is 1.14. The van der Waals surface area contributed by atoms with Gasteiger partial charge in [-0.25, -0.2) is 0 Å². The number of phenols is 1. The van der Waals surface area contributed by atoms with Crippen molar-refractivity contribution in [3.63, 3.8) is 0 Å². The van der Waals surface area contributed by atoms with Gasteiger partial charge in [0.1, 0.15) is 5.75 Å². The molecule has 1 fully saturated rings. The highest BCUT2D eigenvalue weighted by Crippen LogP contribution is 2.21. The predicted octanol–water partition coefficient (Wildman–Crippen LogP) is 2.28. The van der Waals surface area contributed by atoms with E-state index < -0.39 is 0 Å². The summed E-state index contributed by atoms with van der Waals surface area (Å²) < 4.78 is 6.30. The number of rotatable bonds is 4. The molecule has 0 bridgehead atoms. The van der Waals surface area contributed by atoms with Crippen molar-refractivity contribution in [3.05, 3.63) is 28.2 Å². The molecule has 2 N–H and O–H groups in total. The Balaban J connectivity index is 1.82. The Hall–Kier alpha value is -0.580. The number of aromatic hydroxyl groups is 1. The molecule has 0 spiro atoms. The van der Waals surface area contributed by atoms with Gasteiger partial charge in [-0.05, 0) is 30.5 Å². The van der Waals surface area contributed by atoms with Gasteiger partial charge in [-0.2, -0.15) is 0 Å². The first kappa shape index (κ1) is 11.9. The molecule has 2 rings (SSSR count). The maximum Gasteiger partial charge on any atom is 0.120 e. The van der Waals surface area contributed by atoms with Gasteiger partial charge in [-0.3, -0.25) is 0 Å². The molecule has 16 heavy (non-hydrogen) atoms. The average molecular weight is 286 g/mol. The van der Waals surface area contributed by atoms with Gasteiger partial charge in [-0.1, -0.05) is 15.9 Å². The smallest absolute Gasteiger partial charge is 0.120 e. The Bertz CT molecular complexity index is 351. The van der Waals surface area contributed by atoms with Gasteiger partial charge in [-0.15, -0.1) is 0 Å². The number of nitrogens with one attached hydrogen (secondary N) is 1. The molecular formula is C12H16BrNO2. The summed E-state index contributed by atoms with van der Waals surface area (Å²) in [6.45, 7) is 3.39. The summed E-state index contributed by atoms with van der Waals surface area (Å²) in [6, 6.07) is 5.48. The van der Waals surface area contributed by atoms with Crippen LogP contribution in [0.15, 0.2) is 22.7 Å². The van der Waals surface area contributed by atoms with Crippen molar-refractivity contribution in [1.82, 2.24) is 5.32 Å². The number of phenolic OH excluding ortho intramolecular Hbond substituents is 1. The van der Waals surface area contributed by atoms with Gasteiger partial charge < -0.3 is 15.2 Å². The van der Waals surface area contributed by atoms with Crippen LogP contribution in [0.3, 0.4) is 0 Å².